The predicted octanol–water partition coefficient (Wildman–Crippen LogP) is 5.11. The number of aryl methyl sites for hydroxylation is 3. The van der Waals surface area contributed by atoms with Crippen LogP contribution in [0.25, 0.3) is 0 Å². The maximum absolute atomic E-state index is 12.4. The van der Waals surface area contributed by atoms with Gasteiger partial charge in [-0.15, -0.1) is 5.76 Å². The normalized spacial score (nSPS) is 11.6. The molecule has 0 atom stereocenters. The fourth-order valence-corrected chi connectivity index (χ4v) is 3.18. The van der Waals surface area contributed by atoms with E-state index in [0.717, 1.165) is 22.3 Å². The molecular formula is C24H26FeO2. The molecule has 0 fully saturated rings. The number of hydrogen-bond acceptors (Lipinski definition) is 2. The molecule has 0 heterocycles. The Morgan fingerprint density at radius 2 is 1.52 bits per heavy atom. The summed E-state index contributed by atoms with van der Waals surface area (Å²) < 4.78 is 0. The Labute approximate surface area is 173 Å². The van der Waals surface area contributed by atoms with Gasteiger partial charge in [-0.1, -0.05) is 42.0 Å². The first-order valence-electron chi connectivity index (χ1n) is 9.01. The molecule has 2 aromatic rings. The fraction of sp³-hybridized carbons (Fsp3) is 0.250. The average Bonchev–Trinajstić information content (AvgIpc) is 3.30. The van der Waals surface area contributed by atoms with E-state index in [1.54, 1.807) is 0 Å². The zero-order valence-electron chi connectivity index (χ0n) is 16.1. The van der Waals surface area contributed by atoms with Crippen LogP contribution in [-0.4, -0.2) is 5.78 Å². The molecule has 142 valence electrons. The molecule has 0 spiro atoms. The summed E-state index contributed by atoms with van der Waals surface area (Å²) in [4.78, 5) is 12.4. The topological polar surface area (TPSA) is 40.1 Å². The largest absolute Gasteiger partial charge is 2.00 e. The van der Waals surface area contributed by atoms with E-state index in [1.807, 2.05) is 87.5 Å². The molecule has 0 saturated heterocycles. The SMILES string of the molecule is Cc1cc(C)c(C(=O)CCCC([O-])=C2C=CC=C2)c(C)c1.[Fe+2].c1cc[cH-]c1. The van der Waals surface area contributed by atoms with Gasteiger partial charge in [-0.05, 0) is 50.3 Å². The molecule has 3 rings (SSSR count). The average molecular weight is 402 g/mol. The van der Waals surface area contributed by atoms with Crippen molar-refractivity contribution in [2.45, 2.75) is 40.0 Å². The summed E-state index contributed by atoms with van der Waals surface area (Å²) in [6.07, 6.45) is 8.82. The summed E-state index contributed by atoms with van der Waals surface area (Å²) in [6.45, 7) is 5.98. The van der Waals surface area contributed by atoms with Gasteiger partial charge in [-0.2, -0.15) is 18.2 Å². The molecule has 2 aromatic carbocycles. The smallest absolute Gasteiger partial charge is 0.875 e. The Morgan fingerprint density at radius 3 is 2.00 bits per heavy atom. The van der Waals surface area contributed by atoms with E-state index >= 15 is 0 Å². The van der Waals surface area contributed by atoms with Crippen molar-refractivity contribution in [1.82, 2.24) is 0 Å². The second-order valence-electron chi connectivity index (χ2n) is 6.61. The first-order chi connectivity index (χ1) is 12.5. The van der Waals surface area contributed by atoms with Crippen molar-refractivity contribution in [3.63, 3.8) is 0 Å². The van der Waals surface area contributed by atoms with Crippen LogP contribution in [0.3, 0.4) is 0 Å². The number of allylic oxidation sites excluding steroid dienone is 6. The van der Waals surface area contributed by atoms with Gasteiger partial charge in [0, 0.05) is 12.0 Å². The number of carbonyl (C=O) groups excluding carboxylic acids is 1. The predicted molar refractivity (Wildman–Crippen MR) is 106 cm³/mol. The molecular weight excluding hydrogens is 376 g/mol. The van der Waals surface area contributed by atoms with Gasteiger partial charge in [0.1, 0.15) is 0 Å². The van der Waals surface area contributed by atoms with E-state index in [2.05, 4.69) is 0 Å². The zero-order valence-corrected chi connectivity index (χ0v) is 17.2. The van der Waals surface area contributed by atoms with Gasteiger partial charge in [-0.3, -0.25) is 4.79 Å². The van der Waals surface area contributed by atoms with Crippen molar-refractivity contribution in [1.29, 1.82) is 0 Å². The van der Waals surface area contributed by atoms with Crippen LogP contribution < -0.4 is 5.11 Å². The van der Waals surface area contributed by atoms with Gasteiger partial charge in [0.05, 0.1) is 0 Å². The minimum atomic E-state index is 0. The Morgan fingerprint density at radius 1 is 0.963 bits per heavy atom. The first-order valence-corrected chi connectivity index (χ1v) is 9.01. The summed E-state index contributed by atoms with van der Waals surface area (Å²) in [5, 5.41) is 11.9. The van der Waals surface area contributed by atoms with Gasteiger partial charge in [0.15, 0.2) is 5.78 Å². The minimum absolute atomic E-state index is 0. The number of benzene rings is 1. The molecule has 1 aliphatic carbocycles. The van der Waals surface area contributed by atoms with Gasteiger partial charge in [0.25, 0.3) is 0 Å². The van der Waals surface area contributed by atoms with E-state index < -0.39 is 0 Å². The maximum Gasteiger partial charge on any atom is 2.00 e. The molecule has 3 heteroatoms. The number of rotatable bonds is 5. The molecule has 0 amide bonds. The van der Waals surface area contributed by atoms with Crippen LogP contribution in [0.2, 0.25) is 0 Å². The minimum Gasteiger partial charge on any atom is -0.875 e. The Kier molecular flexibility index (Phi) is 9.71. The van der Waals surface area contributed by atoms with Crippen LogP contribution in [0.15, 0.2) is 78.1 Å². The van der Waals surface area contributed by atoms with E-state index in [-0.39, 0.29) is 28.6 Å². The monoisotopic (exact) mass is 402 g/mol. The van der Waals surface area contributed by atoms with Crippen LogP contribution in [0.4, 0.5) is 0 Å². The second kappa shape index (κ2) is 11.5. The van der Waals surface area contributed by atoms with Gasteiger partial charge in [0.2, 0.25) is 0 Å². The van der Waals surface area contributed by atoms with Crippen molar-refractivity contribution in [2.75, 3.05) is 0 Å². The molecule has 27 heavy (non-hydrogen) atoms. The molecule has 1 aliphatic rings. The summed E-state index contributed by atoms with van der Waals surface area (Å²) in [5.74, 6) is 0.255. The first kappa shape index (κ1) is 22.8. The molecule has 0 aliphatic heterocycles. The van der Waals surface area contributed by atoms with E-state index in [4.69, 9.17) is 0 Å². The summed E-state index contributed by atoms with van der Waals surface area (Å²) in [5.41, 5.74) is 4.79. The maximum atomic E-state index is 12.4. The van der Waals surface area contributed by atoms with Crippen molar-refractivity contribution >= 4 is 5.78 Å². The van der Waals surface area contributed by atoms with Gasteiger partial charge >= 0.3 is 17.1 Å². The third kappa shape index (κ3) is 7.13. The van der Waals surface area contributed by atoms with Gasteiger partial charge < -0.3 is 5.11 Å². The van der Waals surface area contributed by atoms with Crippen molar-refractivity contribution in [3.8, 4) is 0 Å². The molecule has 0 unspecified atom stereocenters. The zero-order chi connectivity index (χ0) is 18.9. The summed E-state index contributed by atoms with van der Waals surface area (Å²) in [7, 11) is 0. The van der Waals surface area contributed by atoms with Crippen LogP contribution in [0.1, 0.15) is 46.3 Å². The van der Waals surface area contributed by atoms with Crippen molar-refractivity contribution in [2.24, 2.45) is 0 Å². The third-order valence-corrected chi connectivity index (χ3v) is 4.30. The number of hydrogen-bond donors (Lipinski definition) is 0. The third-order valence-electron chi connectivity index (χ3n) is 4.30. The fourth-order valence-electron chi connectivity index (χ4n) is 3.18. The van der Waals surface area contributed by atoms with E-state index in [1.165, 1.54) is 5.56 Å². The van der Waals surface area contributed by atoms with Crippen molar-refractivity contribution < 1.29 is 27.0 Å². The van der Waals surface area contributed by atoms with Gasteiger partial charge in [-0.25, -0.2) is 12.1 Å². The summed E-state index contributed by atoms with van der Waals surface area (Å²) >= 11 is 0. The Balaban J connectivity index is 0.000000526. The Hall–Kier alpha value is -2.22. The standard InChI is InChI=1S/C19H22O2.C5H5.Fe/c1-13-11-14(2)19(15(3)12-13)18(21)10-6-9-17(20)16-7-4-5-8-16;1-2-4-5-3-1;/h4-5,7-8,11-12,20H,6,9-10H2,1-3H3;1-5H;/q;-1;+2/p-1. The summed E-state index contributed by atoms with van der Waals surface area (Å²) in [6, 6.07) is 14.1. The molecule has 0 N–H and O–H groups in total. The second-order valence-corrected chi connectivity index (χ2v) is 6.61. The van der Waals surface area contributed by atoms with Crippen LogP contribution in [-0.2, 0) is 17.1 Å². The quantitative estimate of drug-likeness (QED) is 0.302. The molecule has 0 bridgehead atoms. The van der Waals surface area contributed by atoms with Crippen LogP contribution >= 0.6 is 0 Å². The van der Waals surface area contributed by atoms with E-state index in [9.17, 15) is 9.90 Å². The van der Waals surface area contributed by atoms with Crippen molar-refractivity contribution in [3.05, 3.63) is 100 Å². The molecule has 2 nitrogen and oxygen atoms in total. The Bertz CT molecular complexity index is 770. The number of Topliss-reactive ketones (excluding diaryl/α,β-unsaturated/α-hetero) is 1. The molecule has 0 radical (unpaired) electrons. The van der Waals surface area contributed by atoms with Crippen LogP contribution in [0.5, 0.6) is 0 Å². The molecule has 0 saturated carbocycles. The van der Waals surface area contributed by atoms with Crippen LogP contribution in [0, 0.1) is 20.8 Å². The number of carbonyl (C=O) groups is 1. The van der Waals surface area contributed by atoms with E-state index in [0.29, 0.717) is 19.3 Å². The molecule has 0 aromatic heterocycles. The number of ketones is 1.